The van der Waals surface area contributed by atoms with Gasteiger partial charge in [0, 0.05) is 17.2 Å². The summed E-state index contributed by atoms with van der Waals surface area (Å²) >= 11 is 2.89. The molecule has 152 valence electrons. The topological polar surface area (TPSA) is 97.8 Å². The van der Waals surface area contributed by atoms with Gasteiger partial charge in [-0.05, 0) is 19.1 Å². The summed E-state index contributed by atoms with van der Waals surface area (Å²) in [5.74, 6) is 0.825. The van der Waals surface area contributed by atoms with Crippen LogP contribution >= 0.6 is 23.1 Å². The number of rotatable bonds is 7. The summed E-state index contributed by atoms with van der Waals surface area (Å²) in [5, 5.41) is 5.57. The number of methoxy groups -OCH3 is 2. The Labute approximate surface area is 172 Å². The van der Waals surface area contributed by atoms with Crippen LogP contribution < -0.4 is 14.8 Å². The van der Waals surface area contributed by atoms with Gasteiger partial charge in [-0.15, -0.1) is 23.1 Å². The summed E-state index contributed by atoms with van der Waals surface area (Å²) in [6.07, 6.45) is 0. The number of benzene rings is 1. The zero-order chi connectivity index (χ0) is 20.3. The molecule has 0 radical (unpaired) electrons. The van der Waals surface area contributed by atoms with E-state index in [4.69, 9.17) is 9.47 Å². The first kappa shape index (κ1) is 20.9. The van der Waals surface area contributed by atoms with E-state index in [0.717, 1.165) is 10.7 Å². The van der Waals surface area contributed by atoms with Crippen molar-refractivity contribution >= 4 is 39.0 Å². The number of hydrogen-bond acceptors (Lipinski definition) is 8. The molecule has 1 atom stereocenters. The molecule has 1 aromatic heterocycles. The standard InChI is InChI=1S/C17H21N3O5S3/c1-11-19-12(8-27-11)7-18-17(21)14-9-26-10-20(14)28(22,23)16-6-13(24-2)4-5-15(16)25-3/h4-6,8,14H,7,9-10H2,1-3H3,(H,18,21). The van der Waals surface area contributed by atoms with Crippen molar-refractivity contribution in [3.8, 4) is 11.5 Å². The largest absolute Gasteiger partial charge is 0.497 e. The van der Waals surface area contributed by atoms with Crippen molar-refractivity contribution < 1.29 is 22.7 Å². The molecule has 2 aromatic rings. The maximum absolute atomic E-state index is 13.3. The number of aromatic nitrogens is 1. The number of thiazole rings is 1. The van der Waals surface area contributed by atoms with Gasteiger partial charge in [-0.1, -0.05) is 0 Å². The summed E-state index contributed by atoms with van der Waals surface area (Å²) in [6, 6.07) is 3.76. The normalized spacial score (nSPS) is 17.5. The highest BCUT2D eigenvalue weighted by atomic mass is 32.2. The van der Waals surface area contributed by atoms with Crippen LogP contribution in [-0.2, 0) is 21.4 Å². The number of sulfonamides is 1. The van der Waals surface area contributed by atoms with Gasteiger partial charge in [-0.25, -0.2) is 13.4 Å². The summed E-state index contributed by atoms with van der Waals surface area (Å²) in [5.41, 5.74) is 0.755. The van der Waals surface area contributed by atoms with Gasteiger partial charge in [-0.2, -0.15) is 4.31 Å². The summed E-state index contributed by atoms with van der Waals surface area (Å²) in [6.45, 7) is 2.15. The summed E-state index contributed by atoms with van der Waals surface area (Å²) < 4.78 is 38.1. The van der Waals surface area contributed by atoms with Crippen LogP contribution in [0.2, 0.25) is 0 Å². The van der Waals surface area contributed by atoms with Crippen LogP contribution in [0.4, 0.5) is 0 Å². The van der Waals surface area contributed by atoms with Crippen molar-refractivity contribution in [1.82, 2.24) is 14.6 Å². The molecular weight excluding hydrogens is 422 g/mol. The molecule has 11 heteroatoms. The molecule has 0 aliphatic carbocycles. The Hall–Kier alpha value is -1.82. The molecule has 8 nitrogen and oxygen atoms in total. The maximum Gasteiger partial charge on any atom is 0.248 e. The summed E-state index contributed by atoms with van der Waals surface area (Å²) in [7, 11) is -1.09. The van der Waals surface area contributed by atoms with Crippen LogP contribution in [0.1, 0.15) is 10.7 Å². The van der Waals surface area contributed by atoms with Crippen molar-refractivity contribution in [3.63, 3.8) is 0 Å². The van der Waals surface area contributed by atoms with Crippen LogP contribution in [0, 0.1) is 6.92 Å². The molecule has 1 fully saturated rings. The highest BCUT2D eigenvalue weighted by Crippen LogP contribution is 2.35. The van der Waals surface area contributed by atoms with Crippen molar-refractivity contribution in [2.24, 2.45) is 0 Å². The zero-order valence-electron chi connectivity index (χ0n) is 15.7. The molecular formula is C17H21N3O5S3. The lowest BCUT2D eigenvalue weighted by Gasteiger charge is -2.23. The smallest absolute Gasteiger partial charge is 0.248 e. The second-order valence-corrected chi connectivity index (χ2v) is 9.92. The summed E-state index contributed by atoms with van der Waals surface area (Å²) in [4.78, 5) is 17.0. The first-order valence-corrected chi connectivity index (χ1v) is 11.8. The molecule has 1 aromatic carbocycles. The maximum atomic E-state index is 13.3. The Morgan fingerprint density at radius 1 is 1.36 bits per heavy atom. The van der Waals surface area contributed by atoms with E-state index in [1.807, 2.05) is 12.3 Å². The van der Waals surface area contributed by atoms with E-state index < -0.39 is 16.1 Å². The van der Waals surface area contributed by atoms with E-state index in [-0.39, 0.29) is 29.0 Å². The van der Waals surface area contributed by atoms with Crippen molar-refractivity contribution in [1.29, 1.82) is 0 Å². The molecule has 0 spiro atoms. The van der Waals surface area contributed by atoms with Gasteiger partial charge in [-0.3, -0.25) is 4.79 Å². The molecule has 0 saturated carbocycles. The number of nitrogens with one attached hydrogen (secondary N) is 1. The molecule has 1 amide bonds. The van der Waals surface area contributed by atoms with Crippen molar-refractivity contribution in [3.05, 3.63) is 34.3 Å². The van der Waals surface area contributed by atoms with Gasteiger partial charge in [0.1, 0.15) is 22.4 Å². The average Bonchev–Trinajstić information content (AvgIpc) is 3.35. The third-order valence-corrected chi connectivity index (χ3v) is 8.09. The van der Waals surface area contributed by atoms with Gasteiger partial charge in [0.15, 0.2) is 0 Å². The molecule has 1 saturated heterocycles. The fourth-order valence-corrected chi connectivity index (χ4v) is 6.70. The van der Waals surface area contributed by atoms with Crippen molar-refractivity contribution in [2.45, 2.75) is 24.4 Å². The molecule has 0 bridgehead atoms. The first-order valence-electron chi connectivity index (χ1n) is 8.37. The first-order chi connectivity index (χ1) is 13.4. The number of carbonyl (C=O) groups excluding carboxylic acids is 1. The lowest BCUT2D eigenvalue weighted by atomic mass is 10.3. The SMILES string of the molecule is COc1ccc(OC)c(S(=O)(=O)N2CSCC2C(=O)NCc2csc(C)n2)c1. The molecule has 1 aliphatic heterocycles. The Morgan fingerprint density at radius 2 is 2.14 bits per heavy atom. The average molecular weight is 444 g/mol. The highest BCUT2D eigenvalue weighted by Gasteiger charge is 2.41. The number of amides is 1. The molecule has 28 heavy (non-hydrogen) atoms. The van der Waals surface area contributed by atoms with Gasteiger partial charge in [0.2, 0.25) is 15.9 Å². The van der Waals surface area contributed by atoms with Gasteiger partial charge in [0.05, 0.1) is 37.3 Å². The second-order valence-electron chi connectivity index (χ2n) is 6.00. The lowest BCUT2D eigenvalue weighted by molar-refractivity contribution is -0.124. The molecule has 3 rings (SSSR count). The van der Waals surface area contributed by atoms with E-state index in [0.29, 0.717) is 11.5 Å². The van der Waals surface area contributed by atoms with Crippen LogP contribution in [0.25, 0.3) is 0 Å². The monoisotopic (exact) mass is 443 g/mol. The third kappa shape index (κ3) is 4.27. The number of thioether (sulfide) groups is 1. The van der Waals surface area contributed by atoms with E-state index in [1.54, 1.807) is 6.07 Å². The van der Waals surface area contributed by atoms with Gasteiger partial charge >= 0.3 is 0 Å². The minimum Gasteiger partial charge on any atom is -0.497 e. The number of carbonyl (C=O) groups is 1. The Kier molecular flexibility index (Phi) is 6.48. The van der Waals surface area contributed by atoms with Crippen LogP contribution in [0.15, 0.2) is 28.5 Å². The van der Waals surface area contributed by atoms with Crippen molar-refractivity contribution in [2.75, 3.05) is 25.8 Å². The van der Waals surface area contributed by atoms with Gasteiger partial charge < -0.3 is 14.8 Å². The highest BCUT2D eigenvalue weighted by molar-refractivity contribution is 8.00. The van der Waals surface area contributed by atoms with Crippen LogP contribution in [-0.4, -0.2) is 55.5 Å². The zero-order valence-corrected chi connectivity index (χ0v) is 18.1. The Morgan fingerprint density at radius 3 is 2.79 bits per heavy atom. The fourth-order valence-electron chi connectivity index (χ4n) is 2.77. The van der Waals surface area contributed by atoms with E-state index in [9.17, 15) is 13.2 Å². The Bertz CT molecular complexity index is 961. The third-order valence-electron chi connectivity index (χ3n) is 4.21. The predicted octanol–water partition coefficient (Wildman–Crippen LogP) is 1.85. The van der Waals surface area contributed by atoms with Crippen LogP contribution in [0.5, 0.6) is 11.5 Å². The van der Waals surface area contributed by atoms with E-state index >= 15 is 0 Å². The lowest BCUT2D eigenvalue weighted by Crippen LogP contribution is -2.47. The number of aryl methyl sites for hydroxylation is 1. The van der Waals surface area contributed by atoms with Gasteiger partial charge in [0.25, 0.3) is 0 Å². The minimum atomic E-state index is -3.95. The number of ether oxygens (including phenoxy) is 2. The molecule has 1 unspecified atom stereocenters. The molecule has 1 N–H and O–H groups in total. The predicted molar refractivity (Wildman–Crippen MR) is 108 cm³/mol. The van der Waals surface area contributed by atoms with E-state index in [2.05, 4.69) is 10.3 Å². The second kappa shape index (κ2) is 8.68. The fraction of sp³-hybridized carbons (Fsp3) is 0.412. The quantitative estimate of drug-likeness (QED) is 0.697. The minimum absolute atomic E-state index is 0.0234. The molecule has 2 heterocycles. The Balaban J connectivity index is 1.82. The number of nitrogens with zero attached hydrogens (tertiary/aromatic N) is 2. The van der Waals surface area contributed by atoms with Crippen LogP contribution in [0.3, 0.4) is 0 Å². The molecule has 1 aliphatic rings. The number of hydrogen-bond donors (Lipinski definition) is 1. The van der Waals surface area contributed by atoms with E-state index in [1.165, 1.54) is 53.8 Å².